The van der Waals surface area contributed by atoms with Crippen molar-refractivity contribution in [1.29, 1.82) is 0 Å². The van der Waals surface area contributed by atoms with Gasteiger partial charge < -0.3 is 0 Å². The molecule has 112 valence electrons. The lowest BCUT2D eigenvalue weighted by atomic mass is 9.59. The highest BCUT2D eigenvalue weighted by Crippen LogP contribution is 2.35. The summed E-state index contributed by atoms with van der Waals surface area (Å²) in [5.41, 5.74) is 11.6. The first-order valence-electron chi connectivity index (χ1n) is 8.34. The maximum absolute atomic E-state index is 6.63. The standard InChI is InChI=1S/C18H18B5Cl/c19-14-13(15(20)17(22)18(23)16(14)21)10-7-4-8-11(24)12(10)9-5-2-1-3-6-9/h1-8H,19-23H2. The van der Waals surface area contributed by atoms with Crippen molar-refractivity contribution in [2.24, 2.45) is 0 Å². The molecular formula is C18H18B5Cl. The molecule has 0 spiro atoms. The summed E-state index contributed by atoms with van der Waals surface area (Å²) in [6.45, 7) is 0. The molecule has 0 unspecified atom stereocenters. The van der Waals surface area contributed by atoms with Gasteiger partial charge in [0.25, 0.3) is 0 Å². The molecule has 6 heteroatoms. The summed E-state index contributed by atoms with van der Waals surface area (Å²) in [6.07, 6.45) is 0. The Morgan fingerprint density at radius 2 is 1.08 bits per heavy atom. The van der Waals surface area contributed by atoms with Gasteiger partial charge in [0, 0.05) is 10.6 Å². The Kier molecular flexibility index (Phi) is 4.74. The van der Waals surface area contributed by atoms with Crippen molar-refractivity contribution in [2.45, 2.75) is 0 Å². The Morgan fingerprint density at radius 1 is 0.542 bits per heavy atom. The molecular weight excluding hydrogens is 306 g/mol. The zero-order valence-corrected chi connectivity index (χ0v) is 15.8. The number of hydrogen-bond donors (Lipinski definition) is 0. The molecule has 24 heavy (non-hydrogen) atoms. The van der Waals surface area contributed by atoms with Crippen molar-refractivity contribution in [1.82, 2.24) is 0 Å². The van der Waals surface area contributed by atoms with E-state index >= 15 is 0 Å². The molecule has 0 N–H and O–H groups in total. The van der Waals surface area contributed by atoms with Crippen molar-refractivity contribution in [3.05, 3.63) is 53.6 Å². The van der Waals surface area contributed by atoms with Crippen molar-refractivity contribution in [2.75, 3.05) is 0 Å². The molecule has 0 saturated heterocycles. The first-order chi connectivity index (χ1) is 11.4. The second kappa shape index (κ2) is 6.65. The van der Waals surface area contributed by atoms with Crippen molar-refractivity contribution in [3.8, 4) is 22.3 Å². The van der Waals surface area contributed by atoms with Crippen LogP contribution >= 0.6 is 11.6 Å². The zero-order chi connectivity index (χ0) is 17.4. The highest BCUT2D eigenvalue weighted by atomic mass is 35.5. The number of benzene rings is 3. The van der Waals surface area contributed by atoms with Crippen LogP contribution in [0.15, 0.2) is 48.5 Å². The van der Waals surface area contributed by atoms with Crippen LogP contribution in [0.5, 0.6) is 0 Å². The van der Waals surface area contributed by atoms with E-state index in [1.165, 1.54) is 38.4 Å². The van der Waals surface area contributed by atoms with Gasteiger partial charge in [0.05, 0.1) is 0 Å². The SMILES string of the molecule is Bc1c(B)c(B)c(-c2cccc(Cl)c2-c2ccccc2)c(B)c1B. The van der Waals surface area contributed by atoms with Crippen LogP contribution in [0, 0.1) is 0 Å². The van der Waals surface area contributed by atoms with E-state index in [4.69, 9.17) is 11.6 Å². The average molecular weight is 324 g/mol. The molecule has 3 rings (SSSR count). The Labute approximate surface area is 154 Å². The molecule has 0 heterocycles. The summed E-state index contributed by atoms with van der Waals surface area (Å²) in [5.74, 6) is 0. The normalized spacial score (nSPS) is 10.7. The van der Waals surface area contributed by atoms with Gasteiger partial charge >= 0.3 is 0 Å². The summed E-state index contributed by atoms with van der Waals surface area (Å²) in [5, 5.41) is 0.799. The summed E-state index contributed by atoms with van der Waals surface area (Å²) in [6, 6.07) is 16.6. The van der Waals surface area contributed by atoms with E-state index in [0.29, 0.717) is 0 Å². The van der Waals surface area contributed by atoms with Crippen LogP contribution in [0.25, 0.3) is 22.3 Å². The van der Waals surface area contributed by atoms with Gasteiger partial charge in [-0.05, 0) is 22.8 Å². The fourth-order valence-corrected chi connectivity index (χ4v) is 3.82. The van der Waals surface area contributed by atoms with E-state index in [-0.39, 0.29) is 0 Å². The molecule has 0 aliphatic rings. The third-order valence-corrected chi connectivity index (χ3v) is 5.66. The van der Waals surface area contributed by atoms with Gasteiger partial charge in [-0.2, -0.15) is 0 Å². The molecule has 0 amide bonds. The fourth-order valence-electron chi connectivity index (χ4n) is 3.53. The van der Waals surface area contributed by atoms with E-state index in [9.17, 15) is 0 Å². The second-order valence-corrected chi connectivity index (χ2v) is 6.94. The molecule has 0 bridgehead atoms. The first kappa shape index (κ1) is 17.1. The minimum absolute atomic E-state index is 0.799. The summed E-state index contributed by atoms with van der Waals surface area (Å²) >= 11 is 6.63. The third-order valence-electron chi connectivity index (χ3n) is 5.35. The maximum Gasteiger partial charge on any atom is 0.139 e. The molecule has 3 aromatic rings. The Balaban J connectivity index is 2.40. The smallest absolute Gasteiger partial charge is 0.102 e. The lowest BCUT2D eigenvalue weighted by Crippen LogP contribution is -2.55. The molecule has 0 aromatic heterocycles. The van der Waals surface area contributed by atoms with E-state index in [2.05, 4.69) is 69.6 Å². The largest absolute Gasteiger partial charge is 0.139 e. The highest BCUT2D eigenvalue weighted by Gasteiger charge is 2.17. The van der Waals surface area contributed by atoms with Crippen LogP contribution in [-0.4, -0.2) is 39.2 Å². The molecule has 3 aromatic carbocycles. The lowest BCUT2D eigenvalue weighted by molar-refractivity contribution is 1.61. The van der Waals surface area contributed by atoms with Gasteiger partial charge in [-0.25, -0.2) is 0 Å². The van der Waals surface area contributed by atoms with Crippen molar-refractivity contribution < 1.29 is 0 Å². The van der Waals surface area contributed by atoms with Crippen molar-refractivity contribution in [3.63, 3.8) is 0 Å². The molecule has 0 saturated carbocycles. The van der Waals surface area contributed by atoms with Crippen LogP contribution < -0.4 is 27.3 Å². The first-order valence-corrected chi connectivity index (χ1v) is 8.72. The van der Waals surface area contributed by atoms with Crippen molar-refractivity contribution >= 4 is 78.1 Å². The molecule has 0 nitrogen and oxygen atoms in total. The quantitative estimate of drug-likeness (QED) is 0.440. The van der Waals surface area contributed by atoms with Crippen LogP contribution in [0.1, 0.15) is 0 Å². The van der Waals surface area contributed by atoms with Crippen LogP contribution in [0.4, 0.5) is 0 Å². The minimum Gasteiger partial charge on any atom is -0.102 e. The Morgan fingerprint density at radius 3 is 1.67 bits per heavy atom. The molecule has 0 atom stereocenters. The van der Waals surface area contributed by atoms with E-state index < -0.39 is 0 Å². The Hall–Kier alpha value is -1.73. The molecule has 0 fully saturated rings. The molecule has 0 aliphatic heterocycles. The minimum atomic E-state index is 0.799. The maximum atomic E-state index is 6.63. The monoisotopic (exact) mass is 324 g/mol. The molecule has 0 radical (unpaired) electrons. The number of halogens is 1. The summed E-state index contributed by atoms with van der Waals surface area (Å²) in [4.78, 5) is 0. The number of hydrogen-bond acceptors (Lipinski definition) is 0. The van der Waals surface area contributed by atoms with E-state index in [1.54, 1.807) is 0 Å². The second-order valence-electron chi connectivity index (χ2n) is 6.53. The van der Waals surface area contributed by atoms with Gasteiger partial charge in [0.15, 0.2) is 0 Å². The van der Waals surface area contributed by atoms with Gasteiger partial charge in [-0.1, -0.05) is 65.0 Å². The summed E-state index contributed by atoms with van der Waals surface area (Å²) < 4.78 is 0. The predicted octanol–water partition coefficient (Wildman–Crippen LogP) is -3.03. The summed E-state index contributed by atoms with van der Waals surface area (Å²) in [7, 11) is 11.1. The van der Waals surface area contributed by atoms with Gasteiger partial charge in [-0.3, -0.25) is 0 Å². The fraction of sp³-hybridized carbons (Fsp3) is 0. The highest BCUT2D eigenvalue weighted by molar-refractivity contribution is 6.68. The van der Waals surface area contributed by atoms with Crippen LogP contribution in [0.2, 0.25) is 5.02 Å². The lowest BCUT2D eigenvalue weighted by Gasteiger charge is -2.23. The van der Waals surface area contributed by atoms with Gasteiger partial charge in [0.2, 0.25) is 0 Å². The zero-order valence-electron chi connectivity index (χ0n) is 15.0. The van der Waals surface area contributed by atoms with E-state index in [1.807, 2.05) is 18.2 Å². The topological polar surface area (TPSA) is 0 Å². The third kappa shape index (κ3) is 2.76. The van der Waals surface area contributed by atoms with Crippen LogP contribution in [0.3, 0.4) is 0 Å². The Bertz CT molecular complexity index is 893. The average Bonchev–Trinajstić information content (AvgIpc) is 2.59. The van der Waals surface area contributed by atoms with Crippen LogP contribution in [-0.2, 0) is 0 Å². The van der Waals surface area contributed by atoms with Gasteiger partial charge in [-0.15, -0.1) is 16.4 Å². The predicted molar refractivity (Wildman–Crippen MR) is 123 cm³/mol. The van der Waals surface area contributed by atoms with E-state index in [0.717, 1.165) is 16.1 Å². The number of rotatable bonds is 2. The molecule has 0 aliphatic carbocycles. The van der Waals surface area contributed by atoms with Gasteiger partial charge in [0.1, 0.15) is 39.2 Å².